The highest BCUT2D eigenvalue weighted by molar-refractivity contribution is 5.95. The SMILES string of the molecule is CCOC(=O)c1ccc(C(=O)N2CCCC(CNC(=O)Nc3ccc(C)cc3)C2)nc1C. The van der Waals surface area contributed by atoms with Gasteiger partial charge in [-0.15, -0.1) is 0 Å². The van der Waals surface area contributed by atoms with Crippen molar-refractivity contribution >= 4 is 23.6 Å². The quantitative estimate of drug-likeness (QED) is 0.672. The van der Waals surface area contributed by atoms with Crippen LogP contribution < -0.4 is 10.6 Å². The molecule has 1 unspecified atom stereocenters. The van der Waals surface area contributed by atoms with Gasteiger partial charge >= 0.3 is 12.0 Å². The fraction of sp³-hybridized carbons (Fsp3) is 0.417. The van der Waals surface area contributed by atoms with E-state index in [0.29, 0.717) is 36.6 Å². The second kappa shape index (κ2) is 10.7. The van der Waals surface area contributed by atoms with Crippen LogP contribution in [0.25, 0.3) is 0 Å². The highest BCUT2D eigenvalue weighted by Crippen LogP contribution is 2.19. The summed E-state index contributed by atoms with van der Waals surface area (Å²) < 4.78 is 5.01. The van der Waals surface area contributed by atoms with Gasteiger partial charge in [-0.3, -0.25) is 4.79 Å². The van der Waals surface area contributed by atoms with Crippen molar-refractivity contribution in [1.82, 2.24) is 15.2 Å². The number of hydrogen-bond acceptors (Lipinski definition) is 5. The maximum absolute atomic E-state index is 13.0. The Kier molecular flexibility index (Phi) is 7.81. The number of nitrogens with zero attached hydrogens (tertiary/aromatic N) is 2. The molecule has 0 aliphatic carbocycles. The van der Waals surface area contributed by atoms with E-state index in [9.17, 15) is 14.4 Å². The van der Waals surface area contributed by atoms with E-state index in [-0.39, 0.29) is 24.5 Å². The molecule has 0 radical (unpaired) electrons. The van der Waals surface area contributed by atoms with Crippen molar-refractivity contribution in [2.24, 2.45) is 5.92 Å². The topological polar surface area (TPSA) is 101 Å². The van der Waals surface area contributed by atoms with Gasteiger partial charge in [-0.1, -0.05) is 17.7 Å². The number of piperidine rings is 1. The van der Waals surface area contributed by atoms with Gasteiger partial charge in [0.15, 0.2) is 0 Å². The molecule has 170 valence electrons. The molecule has 0 bridgehead atoms. The van der Waals surface area contributed by atoms with Gasteiger partial charge in [0.1, 0.15) is 5.69 Å². The van der Waals surface area contributed by atoms with Crippen molar-refractivity contribution < 1.29 is 19.1 Å². The third-order valence-electron chi connectivity index (χ3n) is 5.47. The molecule has 1 aromatic carbocycles. The molecule has 32 heavy (non-hydrogen) atoms. The normalized spacial score (nSPS) is 15.7. The number of carbonyl (C=O) groups is 3. The average molecular weight is 439 g/mol. The lowest BCUT2D eigenvalue weighted by molar-refractivity contribution is 0.0523. The molecule has 3 amide bonds. The van der Waals surface area contributed by atoms with Crippen LogP contribution in [-0.2, 0) is 4.74 Å². The van der Waals surface area contributed by atoms with Crippen LogP contribution in [0.1, 0.15) is 51.9 Å². The van der Waals surface area contributed by atoms with Crippen LogP contribution in [0.3, 0.4) is 0 Å². The number of anilines is 1. The lowest BCUT2D eigenvalue weighted by Crippen LogP contribution is -2.44. The summed E-state index contributed by atoms with van der Waals surface area (Å²) in [5, 5.41) is 5.72. The number of urea groups is 1. The Morgan fingerprint density at radius 2 is 1.88 bits per heavy atom. The lowest BCUT2D eigenvalue weighted by atomic mass is 9.97. The Labute approximate surface area is 188 Å². The van der Waals surface area contributed by atoms with Crippen LogP contribution in [-0.4, -0.2) is 54.0 Å². The summed E-state index contributed by atoms with van der Waals surface area (Å²) in [4.78, 5) is 43.2. The Morgan fingerprint density at radius 3 is 2.56 bits per heavy atom. The van der Waals surface area contributed by atoms with Gasteiger partial charge in [0, 0.05) is 25.3 Å². The number of likely N-dealkylation sites (tertiary alicyclic amines) is 1. The highest BCUT2D eigenvalue weighted by Gasteiger charge is 2.26. The first-order valence-electron chi connectivity index (χ1n) is 10.9. The molecule has 1 aliphatic rings. The highest BCUT2D eigenvalue weighted by atomic mass is 16.5. The number of benzene rings is 1. The van der Waals surface area contributed by atoms with E-state index in [1.54, 1.807) is 30.9 Å². The van der Waals surface area contributed by atoms with Gasteiger partial charge in [-0.25, -0.2) is 14.6 Å². The van der Waals surface area contributed by atoms with E-state index in [0.717, 1.165) is 24.1 Å². The molecule has 3 rings (SSSR count). The summed E-state index contributed by atoms with van der Waals surface area (Å²) >= 11 is 0. The zero-order valence-electron chi connectivity index (χ0n) is 18.8. The number of nitrogens with one attached hydrogen (secondary N) is 2. The number of aromatic nitrogens is 1. The summed E-state index contributed by atoms with van der Waals surface area (Å²) in [7, 11) is 0. The number of carbonyl (C=O) groups excluding carboxylic acids is 3. The van der Waals surface area contributed by atoms with Crippen molar-refractivity contribution in [1.29, 1.82) is 0 Å². The van der Waals surface area contributed by atoms with Gasteiger partial charge in [0.25, 0.3) is 5.91 Å². The molecule has 1 aromatic heterocycles. The molecule has 2 aromatic rings. The Balaban J connectivity index is 1.54. The number of ether oxygens (including phenoxy) is 1. The predicted molar refractivity (Wildman–Crippen MR) is 122 cm³/mol. The summed E-state index contributed by atoms with van der Waals surface area (Å²) in [5.74, 6) is -0.446. The van der Waals surface area contributed by atoms with Crippen molar-refractivity contribution in [2.45, 2.75) is 33.6 Å². The monoisotopic (exact) mass is 438 g/mol. The van der Waals surface area contributed by atoms with Crippen molar-refractivity contribution in [3.8, 4) is 0 Å². The maximum Gasteiger partial charge on any atom is 0.339 e. The van der Waals surface area contributed by atoms with E-state index in [1.165, 1.54) is 0 Å². The van der Waals surface area contributed by atoms with Crippen LogP contribution in [0.5, 0.6) is 0 Å². The van der Waals surface area contributed by atoms with Crippen LogP contribution in [0, 0.1) is 19.8 Å². The predicted octanol–water partition coefficient (Wildman–Crippen LogP) is 3.55. The first-order chi connectivity index (χ1) is 15.4. The minimum atomic E-state index is -0.440. The van der Waals surface area contributed by atoms with E-state index in [1.807, 2.05) is 31.2 Å². The van der Waals surface area contributed by atoms with Crippen LogP contribution in [0.2, 0.25) is 0 Å². The third kappa shape index (κ3) is 6.06. The molecule has 1 fully saturated rings. The first-order valence-corrected chi connectivity index (χ1v) is 10.9. The van der Waals surface area contributed by atoms with Gasteiger partial charge < -0.3 is 20.3 Å². The van der Waals surface area contributed by atoms with Crippen LogP contribution >= 0.6 is 0 Å². The van der Waals surface area contributed by atoms with Gasteiger partial charge in [-0.2, -0.15) is 0 Å². The summed E-state index contributed by atoms with van der Waals surface area (Å²) in [6.07, 6.45) is 1.79. The summed E-state index contributed by atoms with van der Waals surface area (Å²) in [6.45, 7) is 7.38. The minimum Gasteiger partial charge on any atom is -0.462 e. The van der Waals surface area contributed by atoms with E-state index >= 15 is 0 Å². The van der Waals surface area contributed by atoms with Crippen LogP contribution in [0.15, 0.2) is 36.4 Å². The zero-order chi connectivity index (χ0) is 23.1. The van der Waals surface area contributed by atoms with Gasteiger partial charge in [-0.05, 0) is 63.8 Å². The number of pyridine rings is 1. The molecule has 0 saturated carbocycles. The number of aryl methyl sites for hydroxylation is 2. The van der Waals surface area contributed by atoms with E-state index in [2.05, 4.69) is 15.6 Å². The fourth-order valence-electron chi connectivity index (χ4n) is 3.73. The lowest BCUT2D eigenvalue weighted by Gasteiger charge is -2.32. The van der Waals surface area contributed by atoms with E-state index < -0.39 is 5.97 Å². The molecule has 8 heteroatoms. The Morgan fingerprint density at radius 1 is 1.12 bits per heavy atom. The molecule has 1 saturated heterocycles. The van der Waals surface area contributed by atoms with Crippen LogP contribution in [0.4, 0.5) is 10.5 Å². The first kappa shape index (κ1) is 23.2. The molecular formula is C24H30N4O4. The van der Waals surface area contributed by atoms with E-state index in [4.69, 9.17) is 4.74 Å². The standard InChI is InChI=1S/C24H30N4O4/c1-4-32-23(30)20-11-12-21(26-17(20)3)22(29)28-13-5-6-18(15-28)14-25-24(31)27-19-9-7-16(2)8-10-19/h7-12,18H,4-6,13-15H2,1-3H3,(H2,25,27,31). The van der Waals surface area contributed by atoms with Crippen molar-refractivity contribution in [3.63, 3.8) is 0 Å². The molecular weight excluding hydrogens is 408 g/mol. The molecule has 1 aliphatic heterocycles. The zero-order valence-corrected chi connectivity index (χ0v) is 18.8. The Bertz CT molecular complexity index is 974. The molecule has 8 nitrogen and oxygen atoms in total. The number of rotatable bonds is 6. The smallest absolute Gasteiger partial charge is 0.339 e. The third-order valence-corrected chi connectivity index (χ3v) is 5.47. The number of hydrogen-bond donors (Lipinski definition) is 2. The minimum absolute atomic E-state index is 0.163. The average Bonchev–Trinajstić information content (AvgIpc) is 2.79. The number of amides is 3. The largest absolute Gasteiger partial charge is 0.462 e. The molecule has 1 atom stereocenters. The second-order valence-electron chi connectivity index (χ2n) is 8.01. The molecule has 2 N–H and O–H groups in total. The van der Waals surface area contributed by atoms with Gasteiger partial charge in [0.2, 0.25) is 0 Å². The second-order valence-corrected chi connectivity index (χ2v) is 8.01. The number of esters is 1. The fourth-order valence-corrected chi connectivity index (χ4v) is 3.73. The van der Waals surface area contributed by atoms with Crippen molar-refractivity contribution in [3.05, 3.63) is 58.9 Å². The summed E-state index contributed by atoms with van der Waals surface area (Å²) in [5.41, 5.74) is 3.01. The van der Waals surface area contributed by atoms with Crippen molar-refractivity contribution in [2.75, 3.05) is 31.6 Å². The molecule has 2 heterocycles. The summed E-state index contributed by atoms with van der Waals surface area (Å²) in [6, 6.07) is 10.5. The Hall–Kier alpha value is -3.42. The van der Waals surface area contributed by atoms with Gasteiger partial charge in [0.05, 0.1) is 17.9 Å². The maximum atomic E-state index is 13.0. The molecule has 0 spiro atoms.